The number of carbonyl (C=O) groups is 1. The van der Waals surface area contributed by atoms with Crippen LogP contribution in [0.15, 0.2) is 77.7 Å². The zero-order valence-corrected chi connectivity index (χ0v) is 19.5. The first-order chi connectivity index (χ1) is 16.0. The summed E-state index contributed by atoms with van der Waals surface area (Å²) >= 11 is 0. The van der Waals surface area contributed by atoms with E-state index in [0.717, 1.165) is 30.4 Å². The lowest BCUT2D eigenvalue weighted by atomic mass is 10.0. The number of piperidine rings is 1. The minimum atomic E-state index is -3.47. The predicted octanol–water partition coefficient (Wildman–Crippen LogP) is 5.18. The van der Waals surface area contributed by atoms with Crippen molar-refractivity contribution in [1.29, 1.82) is 0 Å². The topological polar surface area (TPSA) is 75.7 Å². The summed E-state index contributed by atoms with van der Waals surface area (Å²) in [5, 5.41) is 2.91. The number of nitrogens with one attached hydrogen (secondary N) is 1. The molecule has 0 bridgehead atoms. The molecular weight excluding hydrogens is 436 g/mol. The van der Waals surface area contributed by atoms with Crippen LogP contribution in [-0.2, 0) is 10.0 Å². The fourth-order valence-electron chi connectivity index (χ4n) is 3.96. The van der Waals surface area contributed by atoms with Crippen LogP contribution in [0.5, 0.6) is 5.75 Å². The van der Waals surface area contributed by atoms with Gasteiger partial charge >= 0.3 is 0 Å². The van der Waals surface area contributed by atoms with Gasteiger partial charge in [0, 0.05) is 18.7 Å². The lowest BCUT2D eigenvalue weighted by Gasteiger charge is -2.25. The van der Waals surface area contributed by atoms with E-state index in [-0.39, 0.29) is 5.91 Å². The summed E-state index contributed by atoms with van der Waals surface area (Å²) in [6, 6.07) is 21.4. The van der Waals surface area contributed by atoms with Crippen LogP contribution in [0.25, 0.3) is 11.1 Å². The van der Waals surface area contributed by atoms with Gasteiger partial charge < -0.3 is 10.1 Å². The molecule has 1 N–H and O–H groups in total. The van der Waals surface area contributed by atoms with E-state index in [4.69, 9.17) is 4.74 Å². The Morgan fingerprint density at radius 3 is 2.36 bits per heavy atom. The third-order valence-corrected chi connectivity index (χ3v) is 7.61. The molecular formula is C26H28N2O4S. The molecule has 4 rings (SSSR count). The minimum Gasteiger partial charge on any atom is -0.492 e. The molecule has 0 aromatic heterocycles. The molecule has 172 valence electrons. The molecule has 0 saturated carbocycles. The van der Waals surface area contributed by atoms with E-state index in [1.54, 1.807) is 46.8 Å². The zero-order chi connectivity index (χ0) is 23.3. The number of rotatable bonds is 7. The molecule has 0 radical (unpaired) electrons. The molecule has 1 saturated heterocycles. The van der Waals surface area contributed by atoms with Crippen molar-refractivity contribution >= 4 is 21.6 Å². The number of ether oxygens (including phenoxy) is 1. The number of benzene rings is 3. The van der Waals surface area contributed by atoms with Crippen molar-refractivity contribution in [3.8, 4) is 16.9 Å². The molecule has 6 nitrogen and oxygen atoms in total. The van der Waals surface area contributed by atoms with Gasteiger partial charge in [-0.25, -0.2) is 8.42 Å². The Morgan fingerprint density at radius 2 is 1.64 bits per heavy atom. The van der Waals surface area contributed by atoms with Crippen LogP contribution < -0.4 is 10.1 Å². The normalized spacial score (nSPS) is 14.6. The van der Waals surface area contributed by atoms with Gasteiger partial charge in [0.05, 0.1) is 17.2 Å². The number of amides is 1. The first-order valence-corrected chi connectivity index (χ1v) is 12.7. The fraction of sp³-hybridized carbons (Fsp3) is 0.269. The molecule has 7 heteroatoms. The van der Waals surface area contributed by atoms with Crippen molar-refractivity contribution in [2.24, 2.45) is 0 Å². The Bertz CT molecular complexity index is 1220. The Kier molecular flexibility index (Phi) is 7.11. The molecule has 33 heavy (non-hydrogen) atoms. The number of para-hydroxylation sites is 2. The van der Waals surface area contributed by atoms with Gasteiger partial charge in [0.2, 0.25) is 10.0 Å². The summed E-state index contributed by atoms with van der Waals surface area (Å²) in [5.74, 6) is 0.378. The highest BCUT2D eigenvalue weighted by Crippen LogP contribution is 2.27. The highest BCUT2D eigenvalue weighted by molar-refractivity contribution is 7.89. The van der Waals surface area contributed by atoms with E-state index in [2.05, 4.69) is 5.32 Å². The molecule has 1 aliphatic rings. The molecule has 1 aliphatic heterocycles. The van der Waals surface area contributed by atoms with Gasteiger partial charge in [-0.15, -0.1) is 0 Å². The van der Waals surface area contributed by atoms with Crippen LogP contribution in [-0.4, -0.2) is 38.3 Å². The molecule has 1 amide bonds. The largest absolute Gasteiger partial charge is 0.492 e. The van der Waals surface area contributed by atoms with E-state index in [1.165, 1.54) is 0 Å². The van der Waals surface area contributed by atoms with Crippen molar-refractivity contribution in [3.05, 3.63) is 78.4 Å². The van der Waals surface area contributed by atoms with E-state index in [1.807, 2.05) is 37.3 Å². The average Bonchev–Trinajstić information content (AvgIpc) is 2.86. The van der Waals surface area contributed by atoms with Crippen molar-refractivity contribution in [2.75, 3.05) is 25.0 Å². The molecule has 0 aliphatic carbocycles. The highest BCUT2D eigenvalue weighted by Gasteiger charge is 2.25. The third-order valence-electron chi connectivity index (χ3n) is 5.70. The highest BCUT2D eigenvalue weighted by atomic mass is 32.2. The lowest BCUT2D eigenvalue weighted by Crippen LogP contribution is -2.35. The van der Waals surface area contributed by atoms with Gasteiger partial charge in [-0.2, -0.15) is 4.31 Å². The Hall–Kier alpha value is -3.16. The van der Waals surface area contributed by atoms with Crippen LogP contribution in [0, 0.1) is 0 Å². The van der Waals surface area contributed by atoms with E-state index >= 15 is 0 Å². The summed E-state index contributed by atoms with van der Waals surface area (Å²) < 4.78 is 32.9. The van der Waals surface area contributed by atoms with Crippen LogP contribution in [0.1, 0.15) is 36.5 Å². The van der Waals surface area contributed by atoms with Gasteiger partial charge in [-0.3, -0.25) is 4.79 Å². The monoisotopic (exact) mass is 464 g/mol. The van der Waals surface area contributed by atoms with Crippen molar-refractivity contribution in [1.82, 2.24) is 4.31 Å². The van der Waals surface area contributed by atoms with Crippen molar-refractivity contribution < 1.29 is 17.9 Å². The number of nitrogens with zero attached hydrogens (tertiary/aromatic N) is 1. The van der Waals surface area contributed by atoms with Crippen LogP contribution in [0.3, 0.4) is 0 Å². The second kappa shape index (κ2) is 10.2. The van der Waals surface area contributed by atoms with Crippen LogP contribution in [0.4, 0.5) is 5.69 Å². The zero-order valence-electron chi connectivity index (χ0n) is 18.7. The maximum absolute atomic E-state index is 12.9. The second-order valence-electron chi connectivity index (χ2n) is 7.95. The van der Waals surface area contributed by atoms with Gasteiger partial charge in [0.15, 0.2) is 0 Å². The molecule has 0 spiro atoms. The smallest absolute Gasteiger partial charge is 0.255 e. The number of hydrogen-bond donors (Lipinski definition) is 1. The molecule has 3 aromatic carbocycles. The third kappa shape index (κ3) is 5.26. The van der Waals surface area contributed by atoms with Gasteiger partial charge in [0.1, 0.15) is 5.75 Å². The standard InChI is InChI=1S/C26H28N2O4S/c1-2-32-25-12-5-4-11-24(25)27-26(29)22-10-8-9-21(19-22)20-13-15-23(16-14-20)33(30,31)28-17-6-3-7-18-28/h4-5,8-16,19H,2-3,6-7,17-18H2,1H3,(H,27,29). The molecule has 0 unspecified atom stereocenters. The summed E-state index contributed by atoms with van der Waals surface area (Å²) in [5.41, 5.74) is 2.80. The van der Waals surface area contributed by atoms with E-state index in [0.29, 0.717) is 41.6 Å². The first-order valence-electron chi connectivity index (χ1n) is 11.2. The quantitative estimate of drug-likeness (QED) is 0.523. The summed E-state index contributed by atoms with van der Waals surface area (Å²) in [7, 11) is -3.47. The molecule has 0 atom stereocenters. The van der Waals surface area contributed by atoms with Gasteiger partial charge in [-0.1, -0.05) is 42.8 Å². The lowest BCUT2D eigenvalue weighted by molar-refractivity contribution is 0.102. The second-order valence-corrected chi connectivity index (χ2v) is 9.89. The first kappa shape index (κ1) is 23.0. The van der Waals surface area contributed by atoms with Gasteiger partial charge in [-0.05, 0) is 67.3 Å². The minimum absolute atomic E-state index is 0.242. The molecule has 1 fully saturated rings. The van der Waals surface area contributed by atoms with Gasteiger partial charge in [0.25, 0.3) is 5.91 Å². The maximum Gasteiger partial charge on any atom is 0.255 e. The van der Waals surface area contributed by atoms with Crippen molar-refractivity contribution in [3.63, 3.8) is 0 Å². The summed E-state index contributed by atoms with van der Waals surface area (Å²) in [6.07, 6.45) is 2.88. The fourth-order valence-corrected chi connectivity index (χ4v) is 5.48. The number of hydrogen-bond acceptors (Lipinski definition) is 4. The summed E-state index contributed by atoms with van der Waals surface area (Å²) in [4.78, 5) is 13.2. The average molecular weight is 465 g/mol. The van der Waals surface area contributed by atoms with Crippen LogP contribution in [0.2, 0.25) is 0 Å². The van der Waals surface area contributed by atoms with Crippen LogP contribution >= 0.6 is 0 Å². The molecule has 3 aromatic rings. The molecule has 1 heterocycles. The Labute approximate surface area is 195 Å². The Morgan fingerprint density at radius 1 is 0.909 bits per heavy atom. The number of anilines is 1. The number of sulfonamides is 1. The summed E-state index contributed by atoms with van der Waals surface area (Å²) in [6.45, 7) is 3.55. The van der Waals surface area contributed by atoms with E-state index in [9.17, 15) is 13.2 Å². The maximum atomic E-state index is 12.9. The predicted molar refractivity (Wildman–Crippen MR) is 130 cm³/mol. The number of carbonyl (C=O) groups excluding carboxylic acids is 1. The Balaban J connectivity index is 1.52. The van der Waals surface area contributed by atoms with E-state index < -0.39 is 10.0 Å². The SMILES string of the molecule is CCOc1ccccc1NC(=O)c1cccc(-c2ccc(S(=O)(=O)N3CCCCC3)cc2)c1. The van der Waals surface area contributed by atoms with Crippen molar-refractivity contribution in [2.45, 2.75) is 31.1 Å².